The molecular formula is C5H4F3N3O3. The van der Waals surface area contributed by atoms with Crippen molar-refractivity contribution in [1.82, 2.24) is 9.78 Å². The molecule has 0 bridgehead atoms. The summed E-state index contributed by atoms with van der Waals surface area (Å²) in [6.45, 7) is 0. The number of nitrogens with zero attached hydrogens (tertiary/aromatic N) is 2. The standard InChI is InChI=1S/C5H4F3N3O3/c1-10-4(12)2(11(13)14)3(9-10)5(6,7)8/h9H,1H3. The van der Waals surface area contributed by atoms with Crippen LogP contribution in [0.15, 0.2) is 4.79 Å². The lowest BCUT2D eigenvalue weighted by Crippen LogP contribution is -2.14. The molecule has 0 aliphatic carbocycles. The van der Waals surface area contributed by atoms with Crippen LogP contribution in [0.2, 0.25) is 0 Å². The molecule has 0 aromatic carbocycles. The summed E-state index contributed by atoms with van der Waals surface area (Å²) in [5.41, 5.74) is -4.45. The summed E-state index contributed by atoms with van der Waals surface area (Å²) in [4.78, 5) is 19.7. The van der Waals surface area contributed by atoms with Gasteiger partial charge in [0.05, 0.1) is 4.92 Å². The van der Waals surface area contributed by atoms with Crippen molar-refractivity contribution < 1.29 is 18.1 Å². The lowest BCUT2D eigenvalue weighted by molar-refractivity contribution is -0.389. The van der Waals surface area contributed by atoms with Crippen LogP contribution in [0.3, 0.4) is 0 Å². The predicted molar refractivity (Wildman–Crippen MR) is 37.7 cm³/mol. The molecule has 0 unspecified atom stereocenters. The largest absolute Gasteiger partial charge is 0.439 e. The second kappa shape index (κ2) is 2.86. The fourth-order valence-corrected chi connectivity index (χ4v) is 0.904. The van der Waals surface area contributed by atoms with E-state index in [-0.39, 0.29) is 0 Å². The van der Waals surface area contributed by atoms with Crippen molar-refractivity contribution in [2.75, 3.05) is 0 Å². The van der Waals surface area contributed by atoms with Crippen LogP contribution in [0.5, 0.6) is 0 Å². The van der Waals surface area contributed by atoms with Gasteiger partial charge in [0, 0.05) is 7.05 Å². The van der Waals surface area contributed by atoms with Crippen molar-refractivity contribution in [3.05, 3.63) is 26.2 Å². The lowest BCUT2D eigenvalue weighted by Gasteiger charge is -2.00. The minimum Gasteiger partial charge on any atom is -0.285 e. The van der Waals surface area contributed by atoms with Crippen molar-refractivity contribution in [2.45, 2.75) is 6.18 Å². The van der Waals surface area contributed by atoms with E-state index in [1.54, 1.807) is 5.10 Å². The highest BCUT2D eigenvalue weighted by Gasteiger charge is 2.43. The van der Waals surface area contributed by atoms with Gasteiger partial charge in [-0.1, -0.05) is 0 Å². The third-order valence-corrected chi connectivity index (χ3v) is 1.49. The van der Waals surface area contributed by atoms with Crippen molar-refractivity contribution in [3.8, 4) is 0 Å². The number of aryl methyl sites for hydroxylation is 1. The first-order chi connectivity index (χ1) is 6.25. The number of nitro groups is 1. The van der Waals surface area contributed by atoms with E-state index in [2.05, 4.69) is 0 Å². The first-order valence-electron chi connectivity index (χ1n) is 3.25. The molecule has 0 aliphatic rings. The molecule has 0 aliphatic heterocycles. The molecule has 0 saturated carbocycles. The van der Waals surface area contributed by atoms with Crippen LogP contribution in [-0.4, -0.2) is 14.7 Å². The van der Waals surface area contributed by atoms with Crippen LogP contribution in [0.25, 0.3) is 0 Å². The summed E-state index contributed by atoms with van der Waals surface area (Å²) in [6.07, 6.45) is -4.94. The predicted octanol–water partition coefficient (Wildman–Crippen LogP) is 0.640. The zero-order valence-corrected chi connectivity index (χ0v) is 6.75. The molecule has 0 saturated heterocycles. The highest BCUT2D eigenvalue weighted by Crippen LogP contribution is 2.32. The summed E-state index contributed by atoms with van der Waals surface area (Å²) in [7, 11) is 0.963. The smallest absolute Gasteiger partial charge is 0.285 e. The number of rotatable bonds is 1. The third kappa shape index (κ3) is 1.47. The Labute approximate surface area is 74.1 Å². The first kappa shape index (κ1) is 10.3. The Morgan fingerprint density at radius 3 is 2.29 bits per heavy atom. The highest BCUT2D eigenvalue weighted by molar-refractivity contribution is 5.34. The first-order valence-corrected chi connectivity index (χ1v) is 3.25. The van der Waals surface area contributed by atoms with Crippen molar-refractivity contribution in [3.63, 3.8) is 0 Å². The maximum absolute atomic E-state index is 12.1. The number of hydrogen-bond donors (Lipinski definition) is 1. The SMILES string of the molecule is Cn1[nH]c(C(F)(F)F)c([N+](=O)[O-])c1=O. The molecule has 1 aromatic rings. The molecule has 0 fully saturated rings. The lowest BCUT2D eigenvalue weighted by atomic mass is 10.3. The third-order valence-electron chi connectivity index (χ3n) is 1.49. The molecular weight excluding hydrogens is 207 g/mol. The van der Waals surface area contributed by atoms with Gasteiger partial charge in [0.25, 0.3) is 0 Å². The van der Waals surface area contributed by atoms with E-state index in [9.17, 15) is 28.1 Å². The van der Waals surface area contributed by atoms with Gasteiger partial charge in [0.1, 0.15) is 0 Å². The summed E-state index contributed by atoms with van der Waals surface area (Å²) in [6, 6.07) is 0. The monoisotopic (exact) mass is 211 g/mol. The Morgan fingerprint density at radius 2 is 2.00 bits per heavy atom. The number of alkyl halides is 3. The van der Waals surface area contributed by atoms with Gasteiger partial charge in [-0.25, -0.2) is 4.68 Å². The molecule has 78 valence electrons. The van der Waals surface area contributed by atoms with Gasteiger partial charge in [0.2, 0.25) is 5.69 Å². The molecule has 14 heavy (non-hydrogen) atoms. The molecule has 0 spiro atoms. The van der Waals surface area contributed by atoms with Gasteiger partial charge in [0.15, 0.2) is 0 Å². The minimum absolute atomic E-state index is 0.404. The van der Waals surface area contributed by atoms with Crippen molar-refractivity contribution in [1.29, 1.82) is 0 Å². The van der Waals surface area contributed by atoms with E-state index in [0.29, 0.717) is 4.68 Å². The van der Waals surface area contributed by atoms with Gasteiger partial charge < -0.3 is 0 Å². The van der Waals surface area contributed by atoms with E-state index in [4.69, 9.17) is 0 Å². The molecule has 1 rings (SSSR count). The van der Waals surface area contributed by atoms with Gasteiger partial charge >= 0.3 is 17.4 Å². The fourth-order valence-electron chi connectivity index (χ4n) is 0.904. The van der Waals surface area contributed by atoms with E-state index >= 15 is 0 Å². The van der Waals surface area contributed by atoms with E-state index in [1.807, 2.05) is 0 Å². The average Bonchev–Trinajstić information content (AvgIpc) is 2.27. The second-order valence-electron chi connectivity index (χ2n) is 2.45. The number of hydrogen-bond acceptors (Lipinski definition) is 3. The molecule has 0 radical (unpaired) electrons. The fraction of sp³-hybridized carbons (Fsp3) is 0.400. The quantitative estimate of drug-likeness (QED) is 0.546. The number of aromatic amines is 1. The number of nitrogens with one attached hydrogen (secondary N) is 1. The summed E-state index contributed by atoms with van der Waals surface area (Å²) in [5.74, 6) is 0. The summed E-state index contributed by atoms with van der Waals surface area (Å²) in [5, 5.41) is 11.7. The highest BCUT2D eigenvalue weighted by atomic mass is 19.4. The van der Waals surface area contributed by atoms with Crippen LogP contribution in [0, 0.1) is 10.1 Å². The molecule has 1 N–H and O–H groups in total. The van der Waals surface area contributed by atoms with Crippen LogP contribution < -0.4 is 5.56 Å². The normalized spacial score (nSPS) is 11.7. The Bertz CT molecular complexity index is 430. The zero-order chi connectivity index (χ0) is 11.1. The summed E-state index contributed by atoms with van der Waals surface area (Å²) < 4.78 is 36.7. The number of halogens is 3. The van der Waals surface area contributed by atoms with E-state index < -0.39 is 28.0 Å². The van der Waals surface area contributed by atoms with Crippen molar-refractivity contribution in [2.24, 2.45) is 7.05 Å². The van der Waals surface area contributed by atoms with Gasteiger partial charge in [-0.05, 0) is 0 Å². The second-order valence-corrected chi connectivity index (χ2v) is 2.45. The Kier molecular flexibility index (Phi) is 2.10. The molecule has 1 aromatic heterocycles. The summed E-state index contributed by atoms with van der Waals surface area (Å²) >= 11 is 0. The topological polar surface area (TPSA) is 80.9 Å². The number of aromatic nitrogens is 2. The molecule has 0 atom stereocenters. The Balaban J connectivity index is 3.53. The zero-order valence-electron chi connectivity index (χ0n) is 6.75. The van der Waals surface area contributed by atoms with Gasteiger partial charge in [-0.2, -0.15) is 13.2 Å². The van der Waals surface area contributed by atoms with Crippen molar-refractivity contribution >= 4 is 5.69 Å². The maximum Gasteiger partial charge on any atom is 0.439 e. The van der Waals surface area contributed by atoms with Crippen LogP contribution in [0.4, 0.5) is 18.9 Å². The molecule has 9 heteroatoms. The van der Waals surface area contributed by atoms with E-state index in [1.165, 1.54) is 0 Å². The van der Waals surface area contributed by atoms with Gasteiger partial charge in [-0.3, -0.25) is 20.0 Å². The average molecular weight is 211 g/mol. The van der Waals surface area contributed by atoms with E-state index in [0.717, 1.165) is 7.05 Å². The Morgan fingerprint density at radius 1 is 1.50 bits per heavy atom. The van der Waals surface area contributed by atoms with Crippen LogP contribution in [-0.2, 0) is 13.2 Å². The molecule has 1 heterocycles. The van der Waals surface area contributed by atoms with Crippen LogP contribution >= 0.6 is 0 Å². The maximum atomic E-state index is 12.1. The van der Waals surface area contributed by atoms with Crippen LogP contribution in [0.1, 0.15) is 5.69 Å². The number of H-pyrrole nitrogens is 1. The minimum atomic E-state index is -4.94. The Hall–Kier alpha value is -1.80. The molecule has 6 nitrogen and oxygen atoms in total. The van der Waals surface area contributed by atoms with Gasteiger partial charge in [-0.15, -0.1) is 0 Å². The molecule has 0 amide bonds.